The monoisotopic (exact) mass is 404 g/mol. The number of benzene rings is 1. The van der Waals surface area contributed by atoms with Crippen LogP contribution in [0.15, 0.2) is 33.9 Å². The largest absolute Gasteiger partial charge is 0.383 e. The number of aryl methyl sites for hydroxylation is 2. The molecule has 0 bridgehead atoms. The Bertz CT molecular complexity index is 1190. The Kier molecular flexibility index (Phi) is 5.44. The second-order valence-corrected chi connectivity index (χ2v) is 6.94. The number of fused-ring (bicyclic) bond motifs is 1. The number of carbonyl (C=O) groups is 1. The van der Waals surface area contributed by atoms with Crippen LogP contribution in [0.4, 0.5) is 5.69 Å². The van der Waals surface area contributed by atoms with Crippen LogP contribution in [0, 0.1) is 6.92 Å². The lowest BCUT2D eigenvalue weighted by Crippen LogP contribution is -2.37. The van der Waals surface area contributed by atoms with E-state index in [1.54, 1.807) is 29.8 Å². The average molecular weight is 405 g/mol. The minimum absolute atomic E-state index is 0.252. The van der Waals surface area contributed by atoms with Gasteiger partial charge in [0.25, 0.3) is 11.5 Å². The number of aromatic nitrogens is 3. The van der Waals surface area contributed by atoms with Crippen molar-refractivity contribution in [2.75, 3.05) is 19.0 Å². The van der Waals surface area contributed by atoms with Crippen molar-refractivity contribution in [3.63, 3.8) is 0 Å². The summed E-state index contributed by atoms with van der Waals surface area (Å²) in [5.41, 5.74) is 1.13. The van der Waals surface area contributed by atoms with Crippen LogP contribution in [0.2, 0.25) is 5.02 Å². The number of ether oxygens (including phenoxy) is 1. The number of hydrogen-bond acceptors (Lipinski definition) is 4. The van der Waals surface area contributed by atoms with E-state index in [0.29, 0.717) is 29.5 Å². The molecule has 3 rings (SSSR count). The molecule has 1 N–H and O–H groups in total. The highest BCUT2D eigenvalue weighted by molar-refractivity contribution is 6.31. The highest BCUT2D eigenvalue weighted by Crippen LogP contribution is 2.22. The van der Waals surface area contributed by atoms with Crippen LogP contribution >= 0.6 is 11.6 Å². The first-order valence-corrected chi connectivity index (χ1v) is 8.99. The van der Waals surface area contributed by atoms with Crippen molar-refractivity contribution in [1.29, 1.82) is 0 Å². The molecule has 0 spiro atoms. The SMILES string of the molecule is COCCn1c(C(=O)Nc2ccc(C)c(Cl)c2)cc2c(=O)n(C)c(=O)n(C)c21. The number of halogens is 1. The average Bonchev–Trinajstić information content (AvgIpc) is 3.05. The first kappa shape index (κ1) is 19.9. The molecule has 3 aromatic rings. The fourth-order valence-electron chi connectivity index (χ4n) is 3.10. The lowest BCUT2D eigenvalue weighted by atomic mass is 10.2. The molecule has 0 aliphatic heterocycles. The standard InChI is InChI=1S/C19H21ClN4O4/c1-11-5-6-12(9-14(11)20)21-16(25)15-10-13-17(24(15)7-8-28-4)22(2)19(27)23(3)18(13)26/h5-6,9-10H,7-8H2,1-4H3,(H,21,25). The Balaban J connectivity index is 2.16. The summed E-state index contributed by atoms with van der Waals surface area (Å²) in [6, 6.07) is 6.71. The zero-order valence-corrected chi connectivity index (χ0v) is 16.8. The number of methoxy groups -OCH3 is 1. The molecule has 1 amide bonds. The molecule has 0 aliphatic rings. The van der Waals surface area contributed by atoms with Gasteiger partial charge in [0.1, 0.15) is 11.3 Å². The molecule has 0 atom stereocenters. The molecule has 28 heavy (non-hydrogen) atoms. The zero-order chi connectivity index (χ0) is 20.6. The molecule has 2 heterocycles. The summed E-state index contributed by atoms with van der Waals surface area (Å²) >= 11 is 6.13. The maximum Gasteiger partial charge on any atom is 0.332 e. The number of anilines is 1. The second kappa shape index (κ2) is 7.65. The van der Waals surface area contributed by atoms with Crippen LogP contribution in [0.5, 0.6) is 0 Å². The number of nitrogens with zero attached hydrogens (tertiary/aromatic N) is 3. The van der Waals surface area contributed by atoms with Crippen molar-refractivity contribution >= 4 is 34.2 Å². The van der Waals surface area contributed by atoms with E-state index in [-0.39, 0.29) is 11.1 Å². The normalized spacial score (nSPS) is 11.2. The summed E-state index contributed by atoms with van der Waals surface area (Å²) < 4.78 is 9.12. The molecule has 148 valence electrons. The Morgan fingerprint density at radius 2 is 1.89 bits per heavy atom. The van der Waals surface area contributed by atoms with E-state index in [1.807, 2.05) is 6.92 Å². The Morgan fingerprint density at radius 3 is 2.54 bits per heavy atom. The van der Waals surface area contributed by atoms with Crippen molar-refractivity contribution in [3.05, 3.63) is 61.4 Å². The molecule has 8 nitrogen and oxygen atoms in total. The van der Waals surface area contributed by atoms with Gasteiger partial charge in [-0.25, -0.2) is 4.79 Å². The maximum absolute atomic E-state index is 12.9. The fraction of sp³-hybridized carbons (Fsp3) is 0.316. The summed E-state index contributed by atoms with van der Waals surface area (Å²) in [5.74, 6) is -0.415. The van der Waals surface area contributed by atoms with Gasteiger partial charge in [-0.1, -0.05) is 17.7 Å². The van der Waals surface area contributed by atoms with Crippen LogP contribution in [0.25, 0.3) is 11.0 Å². The first-order valence-electron chi connectivity index (χ1n) is 8.62. The molecule has 2 aromatic heterocycles. The lowest BCUT2D eigenvalue weighted by molar-refractivity contribution is 0.101. The van der Waals surface area contributed by atoms with Crippen molar-refractivity contribution < 1.29 is 9.53 Å². The molecule has 0 aliphatic carbocycles. The minimum atomic E-state index is -0.466. The van der Waals surface area contributed by atoms with Gasteiger partial charge in [-0.15, -0.1) is 0 Å². The predicted molar refractivity (Wildman–Crippen MR) is 108 cm³/mol. The summed E-state index contributed by atoms with van der Waals surface area (Å²) in [6.45, 7) is 2.48. The van der Waals surface area contributed by atoms with Crippen molar-refractivity contribution in [3.8, 4) is 0 Å². The smallest absolute Gasteiger partial charge is 0.332 e. The molecular formula is C19H21ClN4O4. The molecule has 1 aromatic carbocycles. The van der Waals surface area contributed by atoms with Gasteiger partial charge < -0.3 is 14.6 Å². The number of rotatable bonds is 5. The van der Waals surface area contributed by atoms with Gasteiger partial charge in [0.15, 0.2) is 0 Å². The van der Waals surface area contributed by atoms with E-state index in [4.69, 9.17) is 16.3 Å². The van der Waals surface area contributed by atoms with Crippen LogP contribution in [0.3, 0.4) is 0 Å². The molecule has 0 unspecified atom stereocenters. The molecule has 0 fully saturated rings. The number of amides is 1. The third-order valence-corrected chi connectivity index (χ3v) is 5.08. The summed E-state index contributed by atoms with van der Waals surface area (Å²) in [4.78, 5) is 37.8. The molecule has 0 saturated heterocycles. The van der Waals surface area contributed by atoms with Gasteiger partial charge in [0, 0.05) is 38.5 Å². The third-order valence-electron chi connectivity index (χ3n) is 4.68. The van der Waals surface area contributed by atoms with E-state index >= 15 is 0 Å². The van der Waals surface area contributed by atoms with Gasteiger partial charge in [-0.2, -0.15) is 0 Å². The Labute approximate surface area is 165 Å². The molecule has 0 radical (unpaired) electrons. The summed E-state index contributed by atoms with van der Waals surface area (Å²) in [7, 11) is 4.51. The van der Waals surface area contributed by atoms with Crippen LogP contribution in [-0.4, -0.2) is 33.3 Å². The van der Waals surface area contributed by atoms with E-state index in [1.165, 1.54) is 24.8 Å². The van der Waals surface area contributed by atoms with Crippen molar-refractivity contribution in [2.45, 2.75) is 13.5 Å². The maximum atomic E-state index is 12.9. The van der Waals surface area contributed by atoms with Gasteiger partial charge in [-0.05, 0) is 30.7 Å². The van der Waals surface area contributed by atoms with Crippen LogP contribution in [0.1, 0.15) is 16.1 Å². The first-order chi connectivity index (χ1) is 13.3. The van der Waals surface area contributed by atoms with Crippen LogP contribution in [-0.2, 0) is 25.4 Å². The fourth-order valence-corrected chi connectivity index (χ4v) is 3.28. The molecular weight excluding hydrogens is 384 g/mol. The lowest BCUT2D eigenvalue weighted by Gasteiger charge is -2.13. The second-order valence-electron chi connectivity index (χ2n) is 6.54. The van der Waals surface area contributed by atoms with Crippen molar-refractivity contribution in [2.24, 2.45) is 14.1 Å². The van der Waals surface area contributed by atoms with Gasteiger partial charge in [-0.3, -0.25) is 18.7 Å². The van der Waals surface area contributed by atoms with E-state index < -0.39 is 17.2 Å². The predicted octanol–water partition coefficient (Wildman–Crippen LogP) is 1.90. The molecule has 9 heteroatoms. The summed E-state index contributed by atoms with van der Waals surface area (Å²) in [5, 5.41) is 3.61. The highest BCUT2D eigenvalue weighted by atomic mass is 35.5. The quantitative estimate of drug-likeness (QED) is 0.703. The van der Waals surface area contributed by atoms with E-state index in [9.17, 15) is 14.4 Å². The number of hydrogen-bond donors (Lipinski definition) is 1. The summed E-state index contributed by atoms with van der Waals surface area (Å²) in [6.07, 6.45) is 0. The van der Waals surface area contributed by atoms with Crippen molar-refractivity contribution in [1.82, 2.24) is 13.7 Å². The number of nitrogens with one attached hydrogen (secondary N) is 1. The van der Waals surface area contributed by atoms with E-state index in [2.05, 4.69) is 5.32 Å². The van der Waals surface area contributed by atoms with Gasteiger partial charge >= 0.3 is 5.69 Å². The van der Waals surface area contributed by atoms with Gasteiger partial charge in [0.2, 0.25) is 0 Å². The zero-order valence-electron chi connectivity index (χ0n) is 16.1. The number of carbonyl (C=O) groups excluding carboxylic acids is 1. The minimum Gasteiger partial charge on any atom is -0.383 e. The Hall–Kier alpha value is -2.84. The van der Waals surface area contributed by atoms with E-state index in [0.717, 1.165) is 10.1 Å². The van der Waals surface area contributed by atoms with Gasteiger partial charge in [0.05, 0.1) is 12.0 Å². The third kappa shape index (κ3) is 3.36. The Morgan fingerprint density at radius 1 is 1.18 bits per heavy atom. The van der Waals surface area contributed by atoms with Crippen LogP contribution < -0.4 is 16.6 Å². The molecule has 0 saturated carbocycles. The topological polar surface area (TPSA) is 87.3 Å². The highest BCUT2D eigenvalue weighted by Gasteiger charge is 2.21.